The van der Waals surface area contributed by atoms with Crippen molar-refractivity contribution < 1.29 is 0 Å². The lowest BCUT2D eigenvalue weighted by atomic mass is 9.89. The highest BCUT2D eigenvalue weighted by Gasteiger charge is 2.27. The van der Waals surface area contributed by atoms with E-state index in [2.05, 4.69) is 28.4 Å². The van der Waals surface area contributed by atoms with Gasteiger partial charge in [0.05, 0.1) is 11.1 Å². The van der Waals surface area contributed by atoms with Gasteiger partial charge in [-0.3, -0.25) is 4.79 Å². The monoisotopic (exact) mass is 438 g/mol. The Bertz CT molecular complexity index is 1260. The molecule has 156 valence electrons. The fourth-order valence-electron chi connectivity index (χ4n) is 4.32. The van der Waals surface area contributed by atoms with Crippen molar-refractivity contribution in [2.75, 3.05) is 5.75 Å². The number of benzene rings is 1. The van der Waals surface area contributed by atoms with Crippen molar-refractivity contribution in [3.63, 3.8) is 0 Å². The maximum Gasteiger partial charge on any atom is 0.268 e. The predicted octanol–water partition coefficient (Wildman–Crippen LogP) is 5.50. The van der Waals surface area contributed by atoms with E-state index in [0.717, 1.165) is 52.5 Å². The number of fused-ring (bicyclic) bond motifs is 5. The Morgan fingerprint density at radius 3 is 2.83 bits per heavy atom. The average Bonchev–Trinajstić information content (AvgIpc) is 3.33. The molecule has 3 aromatic heterocycles. The molecule has 0 N–H and O–H groups in total. The van der Waals surface area contributed by atoms with Gasteiger partial charge >= 0.3 is 0 Å². The highest BCUT2D eigenvalue weighted by Crippen LogP contribution is 2.38. The first-order chi connectivity index (χ1) is 14.7. The summed E-state index contributed by atoms with van der Waals surface area (Å²) in [5.74, 6) is 2.30. The Morgan fingerprint density at radius 1 is 1.20 bits per heavy atom. The molecule has 5 nitrogen and oxygen atoms in total. The van der Waals surface area contributed by atoms with Crippen LogP contribution in [0.15, 0.2) is 40.3 Å². The second-order valence-corrected chi connectivity index (χ2v) is 10.3. The van der Waals surface area contributed by atoms with Crippen LogP contribution < -0.4 is 5.56 Å². The van der Waals surface area contributed by atoms with E-state index in [-0.39, 0.29) is 5.56 Å². The van der Waals surface area contributed by atoms with E-state index in [9.17, 15) is 4.79 Å². The number of aromatic nitrogens is 4. The molecule has 1 aromatic carbocycles. The van der Waals surface area contributed by atoms with Crippen LogP contribution in [0.25, 0.3) is 21.7 Å². The first kappa shape index (κ1) is 19.8. The maximum absolute atomic E-state index is 13.7. The molecule has 1 unspecified atom stereocenters. The van der Waals surface area contributed by atoms with Gasteiger partial charge in [-0.1, -0.05) is 56.7 Å². The minimum Gasteiger partial charge on any atom is -0.268 e. The van der Waals surface area contributed by atoms with Crippen LogP contribution in [-0.4, -0.2) is 24.9 Å². The zero-order valence-corrected chi connectivity index (χ0v) is 19.1. The van der Waals surface area contributed by atoms with E-state index < -0.39 is 0 Å². The van der Waals surface area contributed by atoms with Crippen molar-refractivity contribution >= 4 is 39.1 Å². The van der Waals surface area contributed by atoms with Crippen molar-refractivity contribution in [1.29, 1.82) is 0 Å². The van der Waals surface area contributed by atoms with Crippen molar-refractivity contribution in [3.05, 3.63) is 51.1 Å². The summed E-state index contributed by atoms with van der Waals surface area (Å²) in [4.78, 5) is 16.1. The van der Waals surface area contributed by atoms with Gasteiger partial charge in [-0.05, 0) is 49.3 Å². The number of thiophene rings is 1. The van der Waals surface area contributed by atoms with Gasteiger partial charge in [0.25, 0.3) is 5.56 Å². The molecule has 0 saturated carbocycles. The van der Waals surface area contributed by atoms with Gasteiger partial charge in [-0.25, -0.2) is 8.97 Å². The molecule has 30 heavy (non-hydrogen) atoms. The number of para-hydroxylation sites is 1. The lowest BCUT2D eigenvalue weighted by Gasteiger charge is -2.17. The highest BCUT2D eigenvalue weighted by molar-refractivity contribution is 7.99. The van der Waals surface area contributed by atoms with Gasteiger partial charge < -0.3 is 0 Å². The van der Waals surface area contributed by atoms with Crippen LogP contribution in [0.3, 0.4) is 0 Å². The fourth-order valence-corrected chi connectivity index (χ4v) is 6.81. The molecule has 0 bridgehead atoms. The van der Waals surface area contributed by atoms with Crippen molar-refractivity contribution in [2.45, 2.75) is 57.5 Å². The molecule has 1 aliphatic carbocycles. The summed E-state index contributed by atoms with van der Waals surface area (Å²) in [7, 11) is 0. The molecular weight excluding hydrogens is 412 g/mol. The molecule has 1 aliphatic rings. The summed E-state index contributed by atoms with van der Waals surface area (Å²) >= 11 is 3.52. The smallest absolute Gasteiger partial charge is 0.268 e. The van der Waals surface area contributed by atoms with E-state index >= 15 is 0 Å². The van der Waals surface area contributed by atoms with Crippen LogP contribution in [0.4, 0.5) is 0 Å². The van der Waals surface area contributed by atoms with Gasteiger partial charge in [0, 0.05) is 10.6 Å². The number of nitrogens with zero attached hydrogens (tertiary/aromatic N) is 4. The third-order valence-electron chi connectivity index (χ3n) is 5.92. The summed E-state index contributed by atoms with van der Waals surface area (Å²) in [5.41, 5.74) is 2.12. The first-order valence-electron chi connectivity index (χ1n) is 10.8. The fraction of sp³-hybridized carbons (Fsp3) is 0.435. The number of rotatable bonds is 6. The Morgan fingerprint density at radius 2 is 2.03 bits per heavy atom. The topological polar surface area (TPSA) is 52.2 Å². The predicted molar refractivity (Wildman–Crippen MR) is 125 cm³/mol. The molecule has 0 aliphatic heterocycles. The van der Waals surface area contributed by atoms with Crippen LogP contribution >= 0.6 is 23.1 Å². The zero-order valence-electron chi connectivity index (χ0n) is 17.4. The van der Waals surface area contributed by atoms with E-state index in [1.807, 2.05) is 30.3 Å². The van der Waals surface area contributed by atoms with E-state index in [4.69, 9.17) is 0 Å². The minimum atomic E-state index is 0.0330. The Balaban J connectivity index is 1.78. The molecule has 7 heteroatoms. The van der Waals surface area contributed by atoms with Gasteiger partial charge in [-0.2, -0.15) is 0 Å². The standard InChI is InChI=1S/C23H26N4OS2/c1-3-4-8-13-29-23-25-24-22-26(16-9-6-5-7-10-16)20(28)19-17-12-11-15(2)14-18(17)30-21(19)27(22)23/h5-7,9-10,15H,3-4,8,11-14H2,1-2H3. The number of aryl methyl sites for hydroxylation is 1. The molecule has 5 rings (SSSR count). The quantitative estimate of drug-likeness (QED) is 0.295. The summed E-state index contributed by atoms with van der Waals surface area (Å²) < 4.78 is 3.88. The Kier molecular flexibility index (Phi) is 5.41. The maximum atomic E-state index is 13.7. The molecule has 0 fully saturated rings. The van der Waals surface area contributed by atoms with E-state index in [0.29, 0.717) is 11.7 Å². The number of hydrogen-bond acceptors (Lipinski definition) is 5. The zero-order chi connectivity index (χ0) is 20.7. The first-order valence-corrected chi connectivity index (χ1v) is 12.6. The van der Waals surface area contributed by atoms with Crippen molar-refractivity contribution in [1.82, 2.24) is 19.2 Å². The van der Waals surface area contributed by atoms with Gasteiger partial charge in [-0.15, -0.1) is 21.5 Å². The molecule has 4 aromatic rings. The van der Waals surface area contributed by atoms with E-state index in [1.165, 1.54) is 23.3 Å². The molecule has 0 radical (unpaired) electrons. The number of hydrogen-bond donors (Lipinski definition) is 0. The van der Waals surface area contributed by atoms with E-state index in [1.54, 1.807) is 27.7 Å². The van der Waals surface area contributed by atoms with Crippen molar-refractivity contribution in [3.8, 4) is 5.69 Å². The Hall–Kier alpha value is -2.12. The van der Waals surface area contributed by atoms with Crippen LogP contribution in [-0.2, 0) is 12.8 Å². The molecular formula is C23H26N4OS2. The molecule has 1 atom stereocenters. The van der Waals surface area contributed by atoms with Gasteiger partial charge in [0.1, 0.15) is 4.83 Å². The minimum absolute atomic E-state index is 0.0330. The summed E-state index contributed by atoms with van der Waals surface area (Å²) in [6.45, 7) is 4.52. The summed E-state index contributed by atoms with van der Waals surface area (Å²) in [6.07, 6.45) is 6.77. The van der Waals surface area contributed by atoms with Crippen LogP contribution in [0, 0.1) is 5.92 Å². The third kappa shape index (κ3) is 3.28. The largest absolute Gasteiger partial charge is 0.268 e. The van der Waals surface area contributed by atoms with Gasteiger partial charge in [0.2, 0.25) is 5.78 Å². The molecule has 0 amide bonds. The second-order valence-electron chi connectivity index (χ2n) is 8.18. The van der Waals surface area contributed by atoms with Crippen LogP contribution in [0.5, 0.6) is 0 Å². The van der Waals surface area contributed by atoms with Crippen molar-refractivity contribution in [2.24, 2.45) is 5.92 Å². The summed E-state index contributed by atoms with van der Waals surface area (Å²) in [6, 6.07) is 9.83. The SMILES string of the molecule is CCCCCSc1nnc2n(-c3ccccc3)c(=O)c3c4c(sc3n12)CC(C)CC4. The lowest BCUT2D eigenvalue weighted by molar-refractivity contribution is 0.509. The highest BCUT2D eigenvalue weighted by atomic mass is 32.2. The van der Waals surface area contributed by atoms with Gasteiger partial charge in [0.15, 0.2) is 5.16 Å². The second kappa shape index (κ2) is 8.19. The summed E-state index contributed by atoms with van der Waals surface area (Å²) in [5, 5.41) is 10.8. The van der Waals surface area contributed by atoms with Crippen LogP contribution in [0.1, 0.15) is 50.0 Å². The van der Waals surface area contributed by atoms with Crippen LogP contribution in [0.2, 0.25) is 0 Å². The lowest BCUT2D eigenvalue weighted by Crippen LogP contribution is -2.22. The number of unbranched alkanes of at least 4 members (excludes halogenated alkanes) is 2. The third-order valence-corrected chi connectivity index (χ3v) is 8.18. The molecule has 0 saturated heterocycles. The molecule has 0 spiro atoms. The normalized spacial score (nSPS) is 16.4. The average molecular weight is 439 g/mol. The molecule has 3 heterocycles. The Labute approximate surface area is 184 Å². The number of thioether (sulfide) groups is 1.